The minimum absolute atomic E-state index is 0.329. The summed E-state index contributed by atoms with van der Waals surface area (Å²) in [4.78, 5) is 9.55. The predicted molar refractivity (Wildman–Crippen MR) is 102 cm³/mol. The van der Waals surface area contributed by atoms with Crippen LogP contribution in [0.3, 0.4) is 0 Å². The third-order valence-electron chi connectivity index (χ3n) is 5.04. The van der Waals surface area contributed by atoms with E-state index in [-0.39, 0.29) is 0 Å². The van der Waals surface area contributed by atoms with Crippen LogP contribution in [0.2, 0.25) is 0 Å². The van der Waals surface area contributed by atoms with E-state index in [1.807, 2.05) is 24.1 Å². The molecule has 1 saturated heterocycles. The van der Waals surface area contributed by atoms with Gasteiger partial charge in [0.1, 0.15) is 5.82 Å². The van der Waals surface area contributed by atoms with Gasteiger partial charge in [0.05, 0.1) is 6.20 Å². The number of nitrogens with one attached hydrogen (secondary N) is 1. The van der Waals surface area contributed by atoms with Gasteiger partial charge in [0.15, 0.2) is 0 Å². The first-order chi connectivity index (χ1) is 12.2. The summed E-state index contributed by atoms with van der Waals surface area (Å²) in [6.45, 7) is 10.8. The van der Waals surface area contributed by atoms with E-state index in [2.05, 4.69) is 57.4 Å². The number of piperazine rings is 1. The van der Waals surface area contributed by atoms with Gasteiger partial charge in [-0.1, -0.05) is 19.9 Å². The van der Waals surface area contributed by atoms with Crippen molar-refractivity contribution in [3.8, 4) is 0 Å². The van der Waals surface area contributed by atoms with Crippen molar-refractivity contribution in [3.05, 3.63) is 41.9 Å². The number of nitrogens with zero attached hydrogens (tertiary/aromatic N) is 5. The maximum Gasteiger partial charge on any atom is 0.128 e. The second kappa shape index (κ2) is 8.45. The molecule has 1 N–H and O–H groups in total. The number of aryl methyl sites for hydroxylation is 1. The summed E-state index contributed by atoms with van der Waals surface area (Å²) in [6.07, 6.45) is 7.07. The van der Waals surface area contributed by atoms with Crippen molar-refractivity contribution in [1.29, 1.82) is 0 Å². The van der Waals surface area contributed by atoms with Gasteiger partial charge < -0.3 is 15.1 Å². The first-order valence-electron chi connectivity index (χ1n) is 9.33. The smallest absolute Gasteiger partial charge is 0.128 e. The number of hydrogen-bond donors (Lipinski definition) is 1. The predicted octanol–water partition coefficient (Wildman–Crippen LogP) is 2.20. The van der Waals surface area contributed by atoms with Crippen molar-refractivity contribution >= 4 is 5.82 Å². The van der Waals surface area contributed by atoms with Gasteiger partial charge in [-0.2, -0.15) is 5.10 Å². The van der Waals surface area contributed by atoms with E-state index in [1.165, 1.54) is 11.1 Å². The second-order valence-corrected chi connectivity index (χ2v) is 6.74. The quantitative estimate of drug-likeness (QED) is 0.836. The highest BCUT2D eigenvalue weighted by atomic mass is 15.3. The van der Waals surface area contributed by atoms with Crippen LogP contribution >= 0.6 is 0 Å². The fraction of sp³-hybridized carbons (Fsp3) is 0.579. The minimum Gasteiger partial charge on any atom is -0.354 e. The molecule has 3 rings (SSSR count). The van der Waals surface area contributed by atoms with Crippen molar-refractivity contribution in [2.75, 3.05) is 37.6 Å². The highest BCUT2D eigenvalue weighted by molar-refractivity contribution is 5.40. The molecule has 25 heavy (non-hydrogen) atoms. The van der Waals surface area contributed by atoms with Gasteiger partial charge in [-0.3, -0.25) is 4.68 Å². The summed E-state index contributed by atoms with van der Waals surface area (Å²) >= 11 is 0. The van der Waals surface area contributed by atoms with E-state index in [1.54, 1.807) is 0 Å². The molecule has 136 valence electrons. The molecular weight excluding hydrogens is 312 g/mol. The highest BCUT2D eigenvalue weighted by Gasteiger charge is 2.16. The van der Waals surface area contributed by atoms with E-state index in [9.17, 15) is 0 Å². The van der Waals surface area contributed by atoms with Crippen LogP contribution in [0.4, 0.5) is 5.82 Å². The molecule has 1 unspecified atom stereocenters. The molecule has 0 aromatic carbocycles. The highest BCUT2D eigenvalue weighted by Crippen LogP contribution is 2.17. The van der Waals surface area contributed by atoms with Crippen molar-refractivity contribution in [3.63, 3.8) is 0 Å². The molecule has 3 heterocycles. The standard InChI is InChI=1S/C19H30N6/c1-4-18(17-14-22-23(3)15-17)20-12-16-6-7-19(21-13-16)25-10-8-24(5-2)9-11-25/h6-7,13-15,18,20H,4-5,8-12H2,1-3H3. The van der Waals surface area contributed by atoms with E-state index in [0.717, 1.165) is 51.5 Å². The number of rotatable bonds is 7. The maximum absolute atomic E-state index is 4.68. The van der Waals surface area contributed by atoms with Gasteiger partial charge in [0.2, 0.25) is 0 Å². The lowest BCUT2D eigenvalue weighted by molar-refractivity contribution is 0.270. The molecule has 0 bridgehead atoms. The van der Waals surface area contributed by atoms with Crippen molar-refractivity contribution in [2.45, 2.75) is 32.9 Å². The molecule has 1 fully saturated rings. The van der Waals surface area contributed by atoms with Gasteiger partial charge in [0, 0.05) is 63.8 Å². The van der Waals surface area contributed by atoms with Crippen LogP contribution in [0.25, 0.3) is 0 Å². The van der Waals surface area contributed by atoms with E-state index < -0.39 is 0 Å². The second-order valence-electron chi connectivity index (χ2n) is 6.74. The Morgan fingerprint density at radius 3 is 2.48 bits per heavy atom. The van der Waals surface area contributed by atoms with Crippen LogP contribution in [-0.4, -0.2) is 52.4 Å². The molecule has 2 aromatic rings. The SMILES string of the molecule is CCC(NCc1ccc(N2CCN(CC)CC2)nc1)c1cnn(C)c1. The fourth-order valence-corrected chi connectivity index (χ4v) is 3.36. The first-order valence-corrected chi connectivity index (χ1v) is 9.33. The Morgan fingerprint density at radius 1 is 1.12 bits per heavy atom. The van der Waals surface area contributed by atoms with Crippen molar-refractivity contribution < 1.29 is 0 Å². The number of hydrogen-bond acceptors (Lipinski definition) is 5. The number of pyridine rings is 1. The summed E-state index contributed by atoms with van der Waals surface area (Å²) in [5.74, 6) is 1.10. The molecule has 2 aromatic heterocycles. The zero-order valence-corrected chi connectivity index (χ0v) is 15.6. The third kappa shape index (κ3) is 4.58. The minimum atomic E-state index is 0.329. The largest absolute Gasteiger partial charge is 0.354 e. The molecule has 6 nitrogen and oxygen atoms in total. The van der Waals surface area contributed by atoms with Gasteiger partial charge in [-0.25, -0.2) is 4.98 Å². The normalized spacial score (nSPS) is 17.0. The lowest BCUT2D eigenvalue weighted by Crippen LogP contribution is -2.46. The van der Waals surface area contributed by atoms with E-state index >= 15 is 0 Å². The molecule has 0 radical (unpaired) electrons. The molecule has 0 amide bonds. The molecule has 6 heteroatoms. The maximum atomic E-state index is 4.68. The Bertz CT molecular complexity index is 642. The monoisotopic (exact) mass is 342 g/mol. The van der Waals surface area contributed by atoms with Gasteiger partial charge in [-0.15, -0.1) is 0 Å². The zero-order chi connectivity index (χ0) is 17.6. The van der Waals surface area contributed by atoms with Crippen LogP contribution in [0.15, 0.2) is 30.7 Å². The van der Waals surface area contributed by atoms with Crippen LogP contribution in [-0.2, 0) is 13.6 Å². The Morgan fingerprint density at radius 2 is 1.92 bits per heavy atom. The van der Waals surface area contributed by atoms with Crippen molar-refractivity contribution in [2.24, 2.45) is 7.05 Å². The van der Waals surface area contributed by atoms with Gasteiger partial charge >= 0.3 is 0 Å². The Labute approximate surface area is 150 Å². The van der Waals surface area contributed by atoms with E-state index in [0.29, 0.717) is 6.04 Å². The average Bonchev–Trinajstić information content (AvgIpc) is 3.09. The van der Waals surface area contributed by atoms with E-state index in [4.69, 9.17) is 0 Å². The number of aromatic nitrogens is 3. The number of likely N-dealkylation sites (N-methyl/N-ethyl adjacent to an activating group) is 1. The summed E-state index contributed by atoms with van der Waals surface area (Å²) in [6, 6.07) is 4.68. The molecule has 1 atom stereocenters. The lowest BCUT2D eigenvalue weighted by atomic mass is 10.1. The van der Waals surface area contributed by atoms with Gasteiger partial charge in [-0.05, 0) is 24.6 Å². The van der Waals surface area contributed by atoms with Gasteiger partial charge in [0.25, 0.3) is 0 Å². The molecule has 0 aliphatic carbocycles. The number of anilines is 1. The zero-order valence-electron chi connectivity index (χ0n) is 15.6. The third-order valence-corrected chi connectivity index (χ3v) is 5.04. The molecule has 1 aliphatic heterocycles. The first kappa shape index (κ1) is 17.9. The summed E-state index contributed by atoms with van der Waals surface area (Å²) in [5, 5.41) is 7.88. The Balaban J connectivity index is 1.54. The fourth-order valence-electron chi connectivity index (χ4n) is 3.36. The molecule has 1 aliphatic rings. The lowest BCUT2D eigenvalue weighted by Gasteiger charge is -2.34. The topological polar surface area (TPSA) is 49.2 Å². The average molecular weight is 342 g/mol. The van der Waals surface area contributed by atoms with Crippen LogP contribution in [0.1, 0.15) is 37.4 Å². The van der Waals surface area contributed by atoms with Crippen LogP contribution in [0, 0.1) is 0 Å². The summed E-state index contributed by atoms with van der Waals surface area (Å²) in [5.41, 5.74) is 2.46. The molecule has 0 saturated carbocycles. The van der Waals surface area contributed by atoms with Crippen LogP contribution < -0.4 is 10.2 Å². The summed E-state index contributed by atoms with van der Waals surface area (Å²) in [7, 11) is 1.96. The Kier molecular flexibility index (Phi) is 6.04. The summed E-state index contributed by atoms with van der Waals surface area (Å²) < 4.78 is 1.86. The van der Waals surface area contributed by atoms with Crippen molar-refractivity contribution in [1.82, 2.24) is 25.0 Å². The molecular formula is C19H30N6. The molecule has 0 spiro atoms. The Hall–Kier alpha value is -1.92. The van der Waals surface area contributed by atoms with Crippen LogP contribution in [0.5, 0.6) is 0 Å².